The largest absolute Gasteiger partial charge is 0.491 e. The highest BCUT2D eigenvalue weighted by molar-refractivity contribution is 5.94. The third-order valence-electron chi connectivity index (χ3n) is 3.50. The van der Waals surface area contributed by atoms with Gasteiger partial charge in [0, 0.05) is 18.3 Å². The van der Waals surface area contributed by atoms with Gasteiger partial charge in [-0.1, -0.05) is 18.2 Å². The lowest BCUT2D eigenvalue weighted by Gasteiger charge is -2.26. The number of nitrogens with zero attached hydrogens (tertiary/aromatic N) is 1. The Labute approximate surface area is 135 Å². The van der Waals surface area contributed by atoms with Crippen molar-refractivity contribution in [2.75, 3.05) is 6.61 Å². The van der Waals surface area contributed by atoms with Gasteiger partial charge in [-0.05, 0) is 30.2 Å². The monoisotopic (exact) mass is 319 g/mol. The van der Waals surface area contributed by atoms with Gasteiger partial charge in [-0.15, -0.1) is 12.4 Å². The summed E-state index contributed by atoms with van der Waals surface area (Å²) in [4.78, 5) is 16.3. The molecule has 2 heterocycles. The number of carbonyl (C=O) groups excluding carboxylic acids is 1. The SMILES string of the molecule is Cl.NCc1cc(C(=O)NC2COc3ccccc3C2)ccn1. The number of nitrogens with two attached hydrogens (primary N) is 1. The molecule has 6 heteroatoms. The van der Waals surface area contributed by atoms with Gasteiger partial charge in [-0.2, -0.15) is 0 Å². The van der Waals surface area contributed by atoms with Crippen LogP contribution in [0.1, 0.15) is 21.6 Å². The van der Waals surface area contributed by atoms with Crippen LogP contribution in [0.3, 0.4) is 0 Å². The van der Waals surface area contributed by atoms with E-state index >= 15 is 0 Å². The molecule has 0 radical (unpaired) electrons. The Morgan fingerprint density at radius 1 is 1.36 bits per heavy atom. The quantitative estimate of drug-likeness (QED) is 0.902. The number of nitrogens with one attached hydrogen (secondary N) is 1. The van der Waals surface area contributed by atoms with Crippen molar-refractivity contribution in [3.8, 4) is 5.75 Å². The topological polar surface area (TPSA) is 77.2 Å². The summed E-state index contributed by atoms with van der Waals surface area (Å²) in [7, 11) is 0. The van der Waals surface area contributed by atoms with Gasteiger partial charge < -0.3 is 15.8 Å². The highest BCUT2D eigenvalue weighted by Crippen LogP contribution is 2.23. The van der Waals surface area contributed by atoms with Crippen molar-refractivity contribution in [3.63, 3.8) is 0 Å². The minimum atomic E-state index is -0.125. The molecule has 0 saturated heterocycles. The summed E-state index contributed by atoms with van der Waals surface area (Å²) in [6.45, 7) is 0.804. The van der Waals surface area contributed by atoms with E-state index in [1.807, 2.05) is 24.3 Å². The van der Waals surface area contributed by atoms with Gasteiger partial charge in [0.25, 0.3) is 5.91 Å². The molecule has 5 nitrogen and oxygen atoms in total. The van der Waals surface area contributed by atoms with Crippen LogP contribution in [0.4, 0.5) is 0 Å². The van der Waals surface area contributed by atoms with Gasteiger partial charge in [0.1, 0.15) is 12.4 Å². The van der Waals surface area contributed by atoms with E-state index in [0.717, 1.165) is 17.7 Å². The van der Waals surface area contributed by atoms with E-state index in [1.165, 1.54) is 0 Å². The molecule has 1 aliphatic heterocycles. The second-order valence-electron chi connectivity index (χ2n) is 5.03. The number of carbonyl (C=O) groups is 1. The maximum atomic E-state index is 12.3. The first kappa shape index (κ1) is 16.3. The third kappa shape index (κ3) is 3.55. The second-order valence-corrected chi connectivity index (χ2v) is 5.03. The summed E-state index contributed by atoms with van der Waals surface area (Å²) in [6.07, 6.45) is 2.38. The molecule has 3 rings (SSSR count). The Kier molecular flexibility index (Phi) is 5.35. The molecule has 0 aliphatic carbocycles. The minimum Gasteiger partial charge on any atom is -0.491 e. The zero-order chi connectivity index (χ0) is 14.7. The van der Waals surface area contributed by atoms with Crippen LogP contribution in [-0.4, -0.2) is 23.5 Å². The lowest BCUT2D eigenvalue weighted by Crippen LogP contribution is -2.42. The first-order valence-corrected chi connectivity index (χ1v) is 6.93. The van der Waals surface area contributed by atoms with Crippen molar-refractivity contribution >= 4 is 18.3 Å². The molecule has 1 amide bonds. The van der Waals surface area contributed by atoms with Gasteiger partial charge in [0.15, 0.2) is 0 Å². The van der Waals surface area contributed by atoms with Crippen molar-refractivity contribution in [3.05, 3.63) is 59.4 Å². The summed E-state index contributed by atoms with van der Waals surface area (Å²) in [5.41, 5.74) is 7.93. The van der Waals surface area contributed by atoms with Crippen molar-refractivity contribution < 1.29 is 9.53 Å². The van der Waals surface area contributed by atoms with Crippen LogP contribution in [0.2, 0.25) is 0 Å². The first-order chi connectivity index (χ1) is 10.3. The Bertz CT molecular complexity index is 663. The molecule has 1 aromatic carbocycles. The fourth-order valence-electron chi connectivity index (χ4n) is 2.42. The van der Waals surface area contributed by atoms with Crippen molar-refractivity contribution in [1.82, 2.24) is 10.3 Å². The molecule has 0 bridgehead atoms. The van der Waals surface area contributed by atoms with E-state index in [9.17, 15) is 4.79 Å². The highest BCUT2D eigenvalue weighted by atomic mass is 35.5. The number of aromatic nitrogens is 1. The number of hydrogen-bond acceptors (Lipinski definition) is 4. The number of para-hydroxylation sites is 1. The van der Waals surface area contributed by atoms with E-state index in [4.69, 9.17) is 10.5 Å². The van der Waals surface area contributed by atoms with Crippen LogP contribution in [0.15, 0.2) is 42.6 Å². The zero-order valence-electron chi connectivity index (χ0n) is 12.0. The third-order valence-corrected chi connectivity index (χ3v) is 3.50. The Balaban J connectivity index is 0.00000176. The molecule has 1 unspecified atom stereocenters. The summed E-state index contributed by atoms with van der Waals surface area (Å²) in [5.74, 6) is 0.775. The summed E-state index contributed by atoms with van der Waals surface area (Å²) in [5, 5.41) is 2.99. The molecule has 1 atom stereocenters. The molecule has 3 N–H and O–H groups in total. The van der Waals surface area contributed by atoms with Gasteiger partial charge in [0.2, 0.25) is 0 Å². The van der Waals surface area contributed by atoms with E-state index in [1.54, 1.807) is 18.3 Å². The predicted molar refractivity (Wildman–Crippen MR) is 86.3 cm³/mol. The Morgan fingerprint density at radius 2 is 2.18 bits per heavy atom. The molecular weight excluding hydrogens is 302 g/mol. The van der Waals surface area contributed by atoms with Crippen LogP contribution in [0.25, 0.3) is 0 Å². The summed E-state index contributed by atoms with van der Waals surface area (Å²) < 4.78 is 5.67. The lowest BCUT2D eigenvalue weighted by atomic mass is 10.0. The zero-order valence-corrected chi connectivity index (χ0v) is 12.8. The number of rotatable bonds is 3. The molecule has 0 spiro atoms. The van der Waals surface area contributed by atoms with Crippen LogP contribution >= 0.6 is 12.4 Å². The van der Waals surface area contributed by atoms with Crippen molar-refractivity contribution in [1.29, 1.82) is 0 Å². The van der Waals surface area contributed by atoms with E-state index in [-0.39, 0.29) is 24.4 Å². The van der Waals surface area contributed by atoms with Crippen molar-refractivity contribution in [2.45, 2.75) is 19.0 Å². The number of benzene rings is 1. The number of fused-ring (bicyclic) bond motifs is 1. The molecule has 1 aliphatic rings. The number of ether oxygens (including phenoxy) is 1. The van der Waals surface area contributed by atoms with Crippen LogP contribution in [0.5, 0.6) is 5.75 Å². The first-order valence-electron chi connectivity index (χ1n) is 6.93. The molecule has 22 heavy (non-hydrogen) atoms. The van der Waals surface area contributed by atoms with Gasteiger partial charge in [-0.25, -0.2) is 0 Å². The number of hydrogen-bond donors (Lipinski definition) is 2. The van der Waals surface area contributed by atoms with Gasteiger partial charge in [0.05, 0.1) is 11.7 Å². The fraction of sp³-hybridized carbons (Fsp3) is 0.250. The molecule has 1 aromatic heterocycles. The van der Waals surface area contributed by atoms with E-state index in [2.05, 4.69) is 10.3 Å². The van der Waals surface area contributed by atoms with Gasteiger partial charge in [-0.3, -0.25) is 9.78 Å². The Morgan fingerprint density at radius 3 is 3.00 bits per heavy atom. The molecule has 0 saturated carbocycles. The average molecular weight is 320 g/mol. The summed E-state index contributed by atoms with van der Waals surface area (Å²) in [6, 6.07) is 11.3. The average Bonchev–Trinajstić information content (AvgIpc) is 2.54. The molecule has 0 fully saturated rings. The van der Waals surface area contributed by atoms with Gasteiger partial charge >= 0.3 is 0 Å². The van der Waals surface area contributed by atoms with E-state index in [0.29, 0.717) is 24.4 Å². The number of halogens is 1. The smallest absolute Gasteiger partial charge is 0.251 e. The maximum absolute atomic E-state index is 12.3. The number of pyridine rings is 1. The highest BCUT2D eigenvalue weighted by Gasteiger charge is 2.21. The van der Waals surface area contributed by atoms with Crippen LogP contribution in [-0.2, 0) is 13.0 Å². The summed E-state index contributed by atoms with van der Waals surface area (Å²) >= 11 is 0. The van der Waals surface area contributed by atoms with Crippen LogP contribution in [0, 0.1) is 0 Å². The lowest BCUT2D eigenvalue weighted by molar-refractivity contribution is 0.0915. The second kappa shape index (κ2) is 7.24. The Hall–Kier alpha value is -2.11. The normalized spacial score (nSPS) is 16.0. The standard InChI is InChI=1S/C16H17N3O2.ClH/c17-9-13-8-12(5-6-18-13)16(20)19-14-7-11-3-1-2-4-15(11)21-10-14;/h1-6,8,14H,7,9-10,17H2,(H,19,20);1H. The molecular formula is C16H18ClN3O2. The molecule has 2 aromatic rings. The van der Waals surface area contributed by atoms with E-state index < -0.39 is 0 Å². The van der Waals surface area contributed by atoms with Crippen molar-refractivity contribution in [2.24, 2.45) is 5.73 Å². The fourth-order valence-corrected chi connectivity index (χ4v) is 2.42. The van der Waals surface area contributed by atoms with Crippen LogP contribution < -0.4 is 15.8 Å². The predicted octanol–water partition coefficient (Wildman–Crippen LogP) is 1.70. The molecule has 116 valence electrons. The minimum absolute atomic E-state index is 0. The maximum Gasteiger partial charge on any atom is 0.251 e. The number of amides is 1.